The molecule has 1 N–H and O–H groups in total. The number of aromatic nitrogens is 1. The van der Waals surface area contributed by atoms with Gasteiger partial charge in [-0.2, -0.15) is 0 Å². The Kier molecular flexibility index (Phi) is 4.53. The van der Waals surface area contributed by atoms with E-state index in [4.69, 9.17) is 0 Å². The fraction of sp³-hybridized carbons (Fsp3) is 0.429. The average Bonchev–Trinajstić information content (AvgIpc) is 3.28. The summed E-state index contributed by atoms with van der Waals surface area (Å²) < 4.78 is 1.83. The Balaban J connectivity index is 1.32. The molecule has 4 rings (SSSR count). The van der Waals surface area contributed by atoms with Crippen LogP contribution in [0, 0.1) is 5.92 Å². The zero-order valence-electron chi connectivity index (χ0n) is 15.1. The molecule has 1 amide bonds. The fourth-order valence-corrected chi connectivity index (χ4v) is 4.19. The van der Waals surface area contributed by atoms with Crippen LogP contribution in [-0.2, 0) is 17.9 Å². The van der Waals surface area contributed by atoms with Crippen molar-refractivity contribution in [3.8, 4) is 0 Å². The number of fused-ring (bicyclic) bond motifs is 1. The van der Waals surface area contributed by atoms with E-state index in [0.717, 1.165) is 38.8 Å². The zero-order valence-corrected chi connectivity index (χ0v) is 15.1. The molecule has 1 aliphatic carbocycles. The van der Waals surface area contributed by atoms with Crippen LogP contribution in [0.4, 0.5) is 0 Å². The van der Waals surface area contributed by atoms with Crippen molar-refractivity contribution in [3.05, 3.63) is 59.4 Å². The van der Waals surface area contributed by atoms with E-state index in [1.165, 1.54) is 11.1 Å². The van der Waals surface area contributed by atoms with E-state index < -0.39 is 0 Å². The molecule has 2 aromatic rings. The van der Waals surface area contributed by atoms with Crippen LogP contribution >= 0.6 is 0 Å². The highest BCUT2D eigenvalue weighted by Crippen LogP contribution is 2.30. The summed E-state index contributed by atoms with van der Waals surface area (Å²) >= 11 is 0. The van der Waals surface area contributed by atoms with Crippen molar-refractivity contribution in [2.75, 3.05) is 5.43 Å². The van der Waals surface area contributed by atoms with Gasteiger partial charge < -0.3 is 10.3 Å². The molecule has 1 aromatic carbocycles. The molecular weight excluding hydrogens is 326 g/mol. The Hall–Kier alpha value is -2.56. The highest BCUT2D eigenvalue weighted by molar-refractivity contribution is 5.92. The second kappa shape index (κ2) is 6.98. The van der Waals surface area contributed by atoms with Gasteiger partial charge in [-0.05, 0) is 48.9 Å². The first-order valence-electron chi connectivity index (χ1n) is 9.42. The van der Waals surface area contributed by atoms with E-state index >= 15 is 0 Å². The number of hydrogen-bond donors (Lipinski definition) is 1. The normalized spacial score (nSPS) is 22.1. The summed E-state index contributed by atoms with van der Waals surface area (Å²) in [7, 11) is 0. The second-order valence-electron chi connectivity index (χ2n) is 7.46. The molecule has 2 aliphatic rings. The third kappa shape index (κ3) is 3.26. The van der Waals surface area contributed by atoms with Crippen molar-refractivity contribution in [1.82, 2.24) is 9.58 Å². The van der Waals surface area contributed by atoms with E-state index in [2.05, 4.69) is 17.6 Å². The lowest BCUT2D eigenvalue weighted by atomic mass is 9.85. The molecule has 1 fully saturated rings. The lowest BCUT2D eigenvalue weighted by Gasteiger charge is -2.31. The number of benzene rings is 1. The van der Waals surface area contributed by atoms with Gasteiger partial charge in [0.1, 0.15) is 5.69 Å². The summed E-state index contributed by atoms with van der Waals surface area (Å²) in [6, 6.07) is 12.3. The monoisotopic (exact) mass is 351 g/mol. The van der Waals surface area contributed by atoms with E-state index in [-0.39, 0.29) is 11.7 Å². The Morgan fingerprint density at radius 2 is 1.62 bits per heavy atom. The number of carbonyl (C=O) groups excluding carboxylic acids is 2. The van der Waals surface area contributed by atoms with Gasteiger partial charge in [-0.1, -0.05) is 24.3 Å². The van der Waals surface area contributed by atoms with Crippen molar-refractivity contribution in [3.63, 3.8) is 0 Å². The largest absolute Gasteiger partial charge is 0.334 e. The third-order valence-corrected chi connectivity index (χ3v) is 5.66. The number of carbonyl (C=O) groups is 2. The van der Waals surface area contributed by atoms with Crippen molar-refractivity contribution in [1.29, 1.82) is 0 Å². The van der Waals surface area contributed by atoms with Crippen molar-refractivity contribution < 1.29 is 9.59 Å². The number of rotatable bonds is 4. The second-order valence-corrected chi connectivity index (χ2v) is 7.46. The van der Waals surface area contributed by atoms with Crippen molar-refractivity contribution in [2.24, 2.45) is 5.92 Å². The van der Waals surface area contributed by atoms with Crippen LogP contribution in [0.5, 0.6) is 0 Å². The maximum atomic E-state index is 12.9. The summed E-state index contributed by atoms with van der Waals surface area (Å²) in [4.78, 5) is 26.5. The van der Waals surface area contributed by atoms with Crippen LogP contribution in [0.1, 0.15) is 54.2 Å². The summed E-state index contributed by atoms with van der Waals surface area (Å²) in [5.41, 5.74) is 6.66. The first-order valence-corrected chi connectivity index (χ1v) is 9.42. The number of nitrogens with zero attached hydrogens (tertiary/aromatic N) is 2. The summed E-state index contributed by atoms with van der Waals surface area (Å²) in [6.07, 6.45) is 5.59. The van der Waals surface area contributed by atoms with Crippen LogP contribution in [0.25, 0.3) is 0 Å². The fourth-order valence-electron chi connectivity index (χ4n) is 4.19. The molecule has 5 nitrogen and oxygen atoms in total. The number of nitrogens with one attached hydrogen (secondary N) is 1. The molecule has 0 bridgehead atoms. The molecule has 0 unspecified atom stereocenters. The molecule has 2 heterocycles. The lowest BCUT2D eigenvalue weighted by Crippen LogP contribution is -2.38. The van der Waals surface area contributed by atoms with Gasteiger partial charge in [0.25, 0.3) is 0 Å². The Labute approximate surface area is 154 Å². The molecule has 1 aliphatic heterocycles. The van der Waals surface area contributed by atoms with Crippen LogP contribution in [-0.4, -0.2) is 27.3 Å². The van der Waals surface area contributed by atoms with E-state index in [9.17, 15) is 9.59 Å². The number of Topliss-reactive ketones (excluding diaryl/α,β-unsaturated/α-hetero) is 1. The van der Waals surface area contributed by atoms with Gasteiger partial charge in [0, 0.05) is 38.2 Å². The molecule has 0 spiro atoms. The number of hydrogen-bond acceptors (Lipinski definition) is 3. The van der Waals surface area contributed by atoms with Gasteiger partial charge in [0.05, 0.1) is 0 Å². The van der Waals surface area contributed by atoms with E-state index in [0.29, 0.717) is 17.6 Å². The molecule has 0 saturated heterocycles. The molecule has 136 valence electrons. The first-order chi connectivity index (χ1) is 12.6. The minimum atomic E-state index is 0.0555. The molecule has 5 heteroatoms. The minimum absolute atomic E-state index is 0.0555. The molecule has 0 atom stereocenters. The predicted octanol–water partition coefficient (Wildman–Crippen LogP) is 3.34. The Morgan fingerprint density at radius 3 is 2.23 bits per heavy atom. The Morgan fingerprint density at radius 1 is 0.962 bits per heavy atom. The standard InChI is InChI=1S/C21H25N3O2/c1-15(25)20-7-4-12-24(20)22-19-10-8-16(9-11-19)21(26)23-13-17-5-2-3-6-18(17)14-23/h2-7,12,16,19,22H,8-11,13-14H2,1H3. The van der Waals surface area contributed by atoms with Gasteiger partial charge in [0.2, 0.25) is 5.91 Å². The molecule has 26 heavy (non-hydrogen) atoms. The number of ketones is 1. The molecule has 1 saturated carbocycles. The maximum Gasteiger partial charge on any atom is 0.226 e. The smallest absolute Gasteiger partial charge is 0.226 e. The van der Waals surface area contributed by atoms with Gasteiger partial charge >= 0.3 is 0 Å². The highest BCUT2D eigenvalue weighted by atomic mass is 16.2. The van der Waals surface area contributed by atoms with Crippen LogP contribution in [0.15, 0.2) is 42.6 Å². The summed E-state index contributed by atoms with van der Waals surface area (Å²) in [5.74, 6) is 0.476. The van der Waals surface area contributed by atoms with Crippen LogP contribution in [0.3, 0.4) is 0 Å². The van der Waals surface area contributed by atoms with Gasteiger partial charge in [-0.15, -0.1) is 0 Å². The first kappa shape index (κ1) is 16.9. The molecule has 1 aromatic heterocycles. The maximum absolute atomic E-state index is 12.9. The van der Waals surface area contributed by atoms with Crippen LogP contribution < -0.4 is 5.43 Å². The van der Waals surface area contributed by atoms with E-state index in [1.807, 2.05) is 40.0 Å². The van der Waals surface area contributed by atoms with Crippen molar-refractivity contribution >= 4 is 11.7 Å². The van der Waals surface area contributed by atoms with E-state index in [1.54, 1.807) is 6.92 Å². The molecule has 0 radical (unpaired) electrons. The zero-order chi connectivity index (χ0) is 18.1. The SMILES string of the molecule is CC(=O)c1cccn1NC1CCC(C(=O)N2Cc3ccccc3C2)CC1. The lowest BCUT2D eigenvalue weighted by molar-refractivity contribution is -0.137. The van der Waals surface area contributed by atoms with Gasteiger partial charge in [-0.25, -0.2) is 0 Å². The minimum Gasteiger partial charge on any atom is -0.334 e. The highest BCUT2D eigenvalue weighted by Gasteiger charge is 2.32. The Bertz CT molecular complexity index is 793. The quantitative estimate of drug-likeness (QED) is 0.860. The third-order valence-electron chi connectivity index (χ3n) is 5.66. The number of amides is 1. The van der Waals surface area contributed by atoms with Crippen LogP contribution in [0.2, 0.25) is 0 Å². The molecular formula is C21H25N3O2. The van der Waals surface area contributed by atoms with Gasteiger partial charge in [0.15, 0.2) is 5.78 Å². The summed E-state index contributed by atoms with van der Waals surface area (Å²) in [5, 5.41) is 0. The average molecular weight is 351 g/mol. The predicted molar refractivity (Wildman–Crippen MR) is 100 cm³/mol. The van der Waals surface area contributed by atoms with Gasteiger partial charge in [-0.3, -0.25) is 14.3 Å². The topological polar surface area (TPSA) is 54.3 Å². The van der Waals surface area contributed by atoms with Crippen molar-refractivity contribution in [2.45, 2.75) is 51.7 Å². The summed E-state index contributed by atoms with van der Waals surface area (Å²) in [6.45, 7) is 3.08.